The molecule has 266 valence electrons. The molecule has 2 aromatic carbocycles. The summed E-state index contributed by atoms with van der Waals surface area (Å²) in [5.74, 6) is -2.31. The van der Waals surface area contributed by atoms with Crippen molar-refractivity contribution in [2.75, 3.05) is 36.9 Å². The number of para-hydroxylation sites is 2. The lowest BCUT2D eigenvalue weighted by Crippen LogP contribution is -2.54. The van der Waals surface area contributed by atoms with E-state index in [0.29, 0.717) is 54.9 Å². The number of carbonyl (C=O) groups is 2. The third-order valence-electron chi connectivity index (χ3n) is 11.0. The predicted molar refractivity (Wildman–Crippen MR) is 185 cm³/mol. The molecule has 2 saturated heterocycles. The number of halogens is 2. The molecule has 5 heterocycles. The summed E-state index contributed by atoms with van der Waals surface area (Å²) >= 11 is 0. The van der Waals surface area contributed by atoms with Crippen LogP contribution < -0.4 is 20.7 Å². The van der Waals surface area contributed by atoms with Gasteiger partial charge in [0.05, 0.1) is 30.7 Å². The molecule has 1 saturated carbocycles. The molecule has 3 fully saturated rings. The van der Waals surface area contributed by atoms with E-state index in [1.54, 1.807) is 36.5 Å². The van der Waals surface area contributed by atoms with Gasteiger partial charge in [-0.05, 0) is 74.3 Å². The number of benzene rings is 2. The number of ether oxygens (including phenoxy) is 1. The first-order valence-corrected chi connectivity index (χ1v) is 17.6. The maximum Gasteiger partial charge on any atom is 0.282 e. The van der Waals surface area contributed by atoms with Crippen molar-refractivity contribution in [2.24, 2.45) is 0 Å². The van der Waals surface area contributed by atoms with Gasteiger partial charge in [0, 0.05) is 41.9 Å². The van der Waals surface area contributed by atoms with Crippen molar-refractivity contribution < 1.29 is 28.2 Å². The number of nitrogen functional groups attached to an aromatic ring is 1. The minimum Gasteiger partial charge on any atom is -0.507 e. The molecule has 12 nitrogen and oxygen atoms in total. The number of aromatic hydroxyl groups is 1. The number of phenols is 1. The lowest BCUT2D eigenvalue weighted by atomic mass is 9.80. The highest BCUT2D eigenvalue weighted by Gasteiger charge is 2.48. The molecular formula is C37H40F2N8O4. The number of carbonyl (C=O) groups excluding carboxylic acids is 2. The second-order valence-electron chi connectivity index (χ2n) is 14.0. The summed E-state index contributed by atoms with van der Waals surface area (Å²) in [5, 5.41) is 25.3. The molecule has 14 heteroatoms. The van der Waals surface area contributed by atoms with Crippen LogP contribution in [0, 0.1) is 0 Å². The Balaban J connectivity index is 0.922. The van der Waals surface area contributed by atoms with Crippen molar-refractivity contribution >= 4 is 23.3 Å². The summed E-state index contributed by atoms with van der Waals surface area (Å²) in [6, 6.07) is 13.0. The molecule has 1 aliphatic carbocycles. The molecule has 4 N–H and O–H groups in total. The number of hydrogen-bond acceptors (Lipinski definition) is 10. The summed E-state index contributed by atoms with van der Waals surface area (Å²) in [5.41, 5.74) is 10.1. The average Bonchev–Trinajstić information content (AvgIpc) is 3.61. The molecule has 51 heavy (non-hydrogen) atoms. The van der Waals surface area contributed by atoms with E-state index < -0.39 is 18.0 Å². The first-order valence-electron chi connectivity index (χ1n) is 17.6. The quantitative estimate of drug-likeness (QED) is 0.237. The number of imide groups is 1. The van der Waals surface area contributed by atoms with Gasteiger partial charge in [0.1, 0.15) is 30.2 Å². The van der Waals surface area contributed by atoms with Crippen LogP contribution in [0.1, 0.15) is 62.5 Å². The molecule has 2 atom stereocenters. The number of fused-ring (bicyclic) bond motifs is 1. The molecular weight excluding hydrogens is 658 g/mol. The van der Waals surface area contributed by atoms with E-state index in [2.05, 4.69) is 31.6 Å². The number of nitrogens with one attached hydrogen (secondary N) is 1. The molecule has 2 amide bonds. The second-order valence-corrected chi connectivity index (χ2v) is 14.0. The van der Waals surface area contributed by atoms with Crippen LogP contribution in [0.3, 0.4) is 0 Å². The van der Waals surface area contributed by atoms with Gasteiger partial charge in [-0.15, -0.1) is 10.2 Å². The van der Waals surface area contributed by atoms with Crippen LogP contribution in [0.25, 0.3) is 22.4 Å². The Morgan fingerprint density at radius 3 is 2.57 bits per heavy atom. The highest BCUT2D eigenvalue weighted by Crippen LogP contribution is 2.46. The Morgan fingerprint density at radius 2 is 1.78 bits per heavy atom. The number of aromatic nitrogens is 4. The monoisotopic (exact) mass is 698 g/mol. The van der Waals surface area contributed by atoms with Crippen molar-refractivity contribution in [2.45, 2.75) is 74.9 Å². The molecule has 2 aromatic heterocycles. The van der Waals surface area contributed by atoms with Crippen molar-refractivity contribution in [3.63, 3.8) is 0 Å². The number of rotatable bonds is 6. The number of hydrogen-bond donors (Lipinski definition) is 3. The Hall–Kier alpha value is -5.11. The smallest absolute Gasteiger partial charge is 0.282 e. The van der Waals surface area contributed by atoms with Gasteiger partial charge in [-0.3, -0.25) is 24.5 Å². The summed E-state index contributed by atoms with van der Waals surface area (Å²) in [6.07, 6.45) is 7.43. The van der Waals surface area contributed by atoms with Gasteiger partial charge >= 0.3 is 0 Å². The average molecular weight is 699 g/mol. The van der Waals surface area contributed by atoms with Crippen LogP contribution in [0.4, 0.5) is 20.3 Å². The van der Waals surface area contributed by atoms with Crippen LogP contribution in [0.2, 0.25) is 0 Å². The fraction of sp³-hybridized carbons (Fsp3) is 0.432. The molecule has 0 radical (unpaired) electrons. The molecule has 0 unspecified atom stereocenters. The Labute approximate surface area is 293 Å². The highest BCUT2D eigenvalue weighted by molar-refractivity contribution is 6.02. The number of alkyl halides is 2. The van der Waals surface area contributed by atoms with Crippen LogP contribution in [-0.2, 0) is 9.59 Å². The number of nitrogens with zero attached hydrogens (tertiary/aromatic N) is 6. The predicted octanol–water partition coefficient (Wildman–Crippen LogP) is 4.91. The lowest BCUT2D eigenvalue weighted by molar-refractivity contribution is -0.134. The van der Waals surface area contributed by atoms with Crippen LogP contribution in [-0.4, -0.2) is 86.0 Å². The van der Waals surface area contributed by atoms with Gasteiger partial charge in [-0.2, -0.15) is 5.10 Å². The lowest BCUT2D eigenvalue weighted by Gasteiger charge is -2.44. The Kier molecular flexibility index (Phi) is 8.57. The summed E-state index contributed by atoms with van der Waals surface area (Å²) in [7, 11) is 0. The van der Waals surface area contributed by atoms with Crippen molar-refractivity contribution in [1.29, 1.82) is 0 Å². The maximum absolute atomic E-state index is 15.9. The third-order valence-corrected chi connectivity index (χ3v) is 11.0. The van der Waals surface area contributed by atoms with E-state index in [0.717, 1.165) is 42.7 Å². The minimum atomic E-state index is -3.01. The Bertz CT molecular complexity index is 1960. The van der Waals surface area contributed by atoms with Crippen LogP contribution >= 0.6 is 0 Å². The number of amides is 2. The number of piperidine rings is 2. The zero-order chi connectivity index (χ0) is 35.3. The molecule has 4 aliphatic rings. The van der Waals surface area contributed by atoms with Gasteiger partial charge in [-0.25, -0.2) is 8.78 Å². The topological polar surface area (TPSA) is 152 Å². The number of anilines is 2. The zero-order valence-corrected chi connectivity index (χ0v) is 28.0. The summed E-state index contributed by atoms with van der Waals surface area (Å²) < 4.78 is 39.4. The van der Waals surface area contributed by atoms with E-state index in [4.69, 9.17) is 10.5 Å². The van der Waals surface area contributed by atoms with Crippen LogP contribution in [0.15, 0.2) is 60.9 Å². The molecule has 0 bridgehead atoms. The zero-order valence-electron chi connectivity index (χ0n) is 28.0. The van der Waals surface area contributed by atoms with Gasteiger partial charge < -0.3 is 20.5 Å². The van der Waals surface area contributed by atoms with E-state index in [-0.39, 0.29) is 48.3 Å². The van der Waals surface area contributed by atoms with Crippen molar-refractivity contribution in [3.8, 4) is 33.9 Å². The van der Waals surface area contributed by atoms with Crippen molar-refractivity contribution in [3.05, 3.63) is 66.5 Å². The molecule has 0 spiro atoms. The first-order chi connectivity index (χ1) is 24.7. The number of nitrogens with two attached hydrogens (primary N) is 1. The minimum absolute atomic E-state index is 0.0458. The van der Waals surface area contributed by atoms with Gasteiger partial charge in [-0.1, -0.05) is 24.3 Å². The van der Waals surface area contributed by atoms with Crippen LogP contribution in [0.5, 0.6) is 11.5 Å². The molecule has 4 aromatic rings. The summed E-state index contributed by atoms with van der Waals surface area (Å²) in [4.78, 5) is 28.4. The van der Waals surface area contributed by atoms with Crippen molar-refractivity contribution in [1.82, 2.24) is 30.2 Å². The van der Waals surface area contributed by atoms with Gasteiger partial charge in [0.25, 0.3) is 5.92 Å². The fourth-order valence-electron chi connectivity index (χ4n) is 8.36. The molecule has 8 rings (SSSR count). The van der Waals surface area contributed by atoms with Gasteiger partial charge in [0.15, 0.2) is 5.82 Å². The largest absolute Gasteiger partial charge is 0.507 e. The molecule has 3 aliphatic heterocycles. The van der Waals surface area contributed by atoms with E-state index in [1.165, 1.54) is 10.9 Å². The third kappa shape index (κ3) is 6.26. The first kappa shape index (κ1) is 33.1. The van der Waals surface area contributed by atoms with E-state index in [9.17, 15) is 14.7 Å². The van der Waals surface area contributed by atoms with E-state index >= 15 is 8.78 Å². The number of likely N-dealkylation sites (tertiary alicyclic amines) is 1. The normalized spacial score (nSPS) is 25.2. The van der Waals surface area contributed by atoms with E-state index in [1.807, 2.05) is 17.0 Å². The fourth-order valence-corrected chi connectivity index (χ4v) is 8.36. The standard InChI is InChI=1S/C37H40F2N8O4/c38-37(39)21-45(15-14-32(37)47-20-23(19-41-47)27-18-28(43-44-35(27)40)26-4-1-2-7-31(26)48)24-10-8-22(9-11-24)25-5-3-6-29-34(25)51-17-16-46(29)30-12-13-33(49)42-36(30)50/h1-7,18-20,22,24,30,32,48H,8-17,21H2,(H2,40,44)(H,42,49,50)/t22-,24-,30-,32-/m1/s1. The Morgan fingerprint density at radius 1 is 0.961 bits per heavy atom. The second kappa shape index (κ2) is 13.2. The summed E-state index contributed by atoms with van der Waals surface area (Å²) in [6.45, 7) is 1.20. The maximum atomic E-state index is 15.9. The number of phenolic OH excluding ortho intramolecular Hbond substituents is 1. The SMILES string of the molecule is Nc1nnc(-c2ccccc2O)cc1-c1cnn([C@@H]2CCN([C@H]3CC[C@H](c4cccc5c4OCCN5[C@@H]4CCC(=O)NC4=O)CC3)CC2(F)F)c1. The highest BCUT2D eigenvalue weighted by atomic mass is 19.3. The van der Waals surface area contributed by atoms with Gasteiger partial charge in [0.2, 0.25) is 11.8 Å².